The number of aliphatic carboxylic acids is 1. The van der Waals surface area contributed by atoms with E-state index in [9.17, 15) is 4.79 Å². The lowest BCUT2D eigenvalue weighted by Crippen LogP contribution is -2.13. The van der Waals surface area contributed by atoms with Crippen LogP contribution < -0.4 is 0 Å². The number of allylic oxidation sites excluding steroid dienone is 1. The number of hydrogen-bond donors (Lipinski definition) is 2. The molecule has 0 atom stereocenters. The number of rotatable bonds is 5. The van der Waals surface area contributed by atoms with Crippen molar-refractivity contribution in [1.82, 2.24) is 0 Å². The summed E-state index contributed by atoms with van der Waals surface area (Å²) in [4.78, 5) is 10.7. The maximum atomic E-state index is 10.7. The lowest BCUT2D eigenvalue weighted by atomic mass is 9.82. The largest absolute Gasteiger partial charge is 0.516 e. The summed E-state index contributed by atoms with van der Waals surface area (Å²) in [5, 5.41) is 17.1. The molecular formula is C27H34O3. The minimum absolute atomic E-state index is 0.197. The molecule has 0 bridgehead atoms. The van der Waals surface area contributed by atoms with Gasteiger partial charge in [0.2, 0.25) is 0 Å². The van der Waals surface area contributed by atoms with Crippen molar-refractivity contribution < 1.29 is 15.0 Å². The molecule has 1 fully saturated rings. The summed E-state index contributed by atoms with van der Waals surface area (Å²) < 4.78 is 0. The first kappa shape index (κ1) is 25.0. The molecule has 0 aliphatic heterocycles. The van der Waals surface area contributed by atoms with Crippen LogP contribution in [0.3, 0.4) is 0 Å². The molecule has 3 heteroatoms. The minimum atomic E-state index is -0.778. The summed E-state index contributed by atoms with van der Waals surface area (Å²) in [6, 6.07) is 19.7. The quantitative estimate of drug-likeness (QED) is 0.398. The number of carboxylic acid groups (broad SMARTS) is 1. The second-order valence-corrected chi connectivity index (χ2v) is 7.40. The van der Waals surface area contributed by atoms with Gasteiger partial charge in [-0.25, -0.2) is 4.79 Å². The monoisotopic (exact) mass is 406 g/mol. The Balaban J connectivity index is 0.000000234. The molecule has 0 spiro atoms. The second-order valence-electron chi connectivity index (χ2n) is 7.40. The Labute approximate surface area is 181 Å². The highest BCUT2D eigenvalue weighted by Gasteiger charge is 2.30. The van der Waals surface area contributed by atoms with Crippen molar-refractivity contribution in [2.45, 2.75) is 46.0 Å². The molecule has 1 aliphatic carbocycles. The van der Waals surface area contributed by atoms with Crippen LogP contribution in [0.4, 0.5) is 0 Å². The van der Waals surface area contributed by atoms with E-state index in [1.807, 2.05) is 72.8 Å². The van der Waals surface area contributed by atoms with E-state index >= 15 is 0 Å². The lowest BCUT2D eigenvalue weighted by Gasteiger charge is -2.23. The Morgan fingerprint density at radius 3 is 1.87 bits per heavy atom. The van der Waals surface area contributed by atoms with Crippen LogP contribution in [0.2, 0.25) is 0 Å². The molecule has 1 aliphatic rings. The third kappa shape index (κ3) is 9.42. The van der Waals surface area contributed by atoms with E-state index in [1.54, 1.807) is 13.0 Å². The molecule has 0 heterocycles. The van der Waals surface area contributed by atoms with Crippen LogP contribution in [-0.4, -0.2) is 16.2 Å². The van der Waals surface area contributed by atoms with E-state index in [-0.39, 0.29) is 5.41 Å². The van der Waals surface area contributed by atoms with Gasteiger partial charge in [-0.2, -0.15) is 0 Å². The minimum Gasteiger partial charge on any atom is -0.516 e. The average Bonchev–Trinajstić information content (AvgIpc) is 3.25. The average molecular weight is 407 g/mol. The predicted molar refractivity (Wildman–Crippen MR) is 127 cm³/mol. The molecule has 1 saturated carbocycles. The van der Waals surface area contributed by atoms with Crippen LogP contribution in [0, 0.1) is 5.41 Å². The molecule has 30 heavy (non-hydrogen) atoms. The third-order valence-electron chi connectivity index (χ3n) is 5.27. The van der Waals surface area contributed by atoms with Crippen LogP contribution >= 0.6 is 0 Å². The molecule has 2 N–H and O–H groups in total. The fraction of sp³-hybridized carbons (Fsp3) is 0.296. The van der Waals surface area contributed by atoms with E-state index in [2.05, 4.69) is 13.5 Å². The third-order valence-corrected chi connectivity index (χ3v) is 5.27. The van der Waals surface area contributed by atoms with Crippen LogP contribution in [-0.2, 0) is 4.79 Å². The summed E-state index contributed by atoms with van der Waals surface area (Å²) in [5.41, 5.74) is 2.89. The first-order valence-electron chi connectivity index (χ1n) is 10.4. The first-order valence-corrected chi connectivity index (χ1v) is 10.4. The smallest absolute Gasteiger partial charge is 0.330 e. The predicted octanol–water partition coefficient (Wildman–Crippen LogP) is 7.53. The van der Waals surface area contributed by atoms with Crippen molar-refractivity contribution in [3.8, 4) is 0 Å². The van der Waals surface area contributed by atoms with Gasteiger partial charge < -0.3 is 10.2 Å². The molecule has 2 aromatic carbocycles. The van der Waals surface area contributed by atoms with Gasteiger partial charge in [0.15, 0.2) is 0 Å². The second kappa shape index (κ2) is 14.0. The summed E-state index contributed by atoms with van der Waals surface area (Å²) in [7, 11) is 0. The van der Waals surface area contributed by atoms with Crippen LogP contribution in [0.25, 0.3) is 12.2 Å². The van der Waals surface area contributed by atoms with E-state index in [1.165, 1.54) is 18.4 Å². The van der Waals surface area contributed by atoms with Crippen LogP contribution in [0.15, 0.2) is 85.2 Å². The van der Waals surface area contributed by atoms with Gasteiger partial charge in [-0.1, -0.05) is 99.2 Å². The zero-order valence-electron chi connectivity index (χ0n) is 18.1. The standard InChI is InChI=1S/C11H18O2.C8H8O.C8H8/c1-3-11(6-4-5-7-11)8-9(2)10(12)13;9-7-6-8-4-2-1-3-5-8;1-2-8-6-4-3-5-7-8/h8H,3-7H2,1-2H3,(H,12,13);1-7,9H;2-7H,1H2. The van der Waals surface area contributed by atoms with Gasteiger partial charge in [-0.15, -0.1) is 0 Å². The Hall–Kier alpha value is -3.07. The van der Waals surface area contributed by atoms with Gasteiger partial charge in [0.25, 0.3) is 0 Å². The van der Waals surface area contributed by atoms with Gasteiger partial charge >= 0.3 is 5.97 Å². The zero-order valence-corrected chi connectivity index (χ0v) is 18.1. The fourth-order valence-corrected chi connectivity index (χ4v) is 3.44. The molecule has 0 radical (unpaired) electrons. The van der Waals surface area contributed by atoms with Crippen LogP contribution in [0.5, 0.6) is 0 Å². The number of carboxylic acids is 1. The van der Waals surface area contributed by atoms with Gasteiger partial charge in [-0.05, 0) is 48.8 Å². The number of aliphatic hydroxyl groups excluding tert-OH is 1. The summed E-state index contributed by atoms with van der Waals surface area (Å²) in [6.07, 6.45) is 12.4. The topological polar surface area (TPSA) is 57.5 Å². The Bertz CT molecular complexity index is 799. The highest BCUT2D eigenvalue weighted by atomic mass is 16.4. The van der Waals surface area contributed by atoms with Gasteiger partial charge in [0.05, 0.1) is 6.26 Å². The molecular weight excluding hydrogens is 372 g/mol. The van der Waals surface area contributed by atoms with Crippen molar-refractivity contribution in [2.75, 3.05) is 0 Å². The van der Waals surface area contributed by atoms with Gasteiger partial charge in [0.1, 0.15) is 0 Å². The van der Waals surface area contributed by atoms with E-state index in [4.69, 9.17) is 10.2 Å². The molecule has 3 nitrogen and oxygen atoms in total. The maximum absolute atomic E-state index is 10.7. The molecule has 160 valence electrons. The number of aliphatic hydroxyl groups is 1. The number of benzene rings is 2. The van der Waals surface area contributed by atoms with Gasteiger partial charge in [-0.3, -0.25) is 0 Å². The summed E-state index contributed by atoms with van der Waals surface area (Å²) in [5.74, 6) is -0.778. The highest BCUT2D eigenvalue weighted by molar-refractivity contribution is 5.85. The maximum Gasteiger partial charge on any atom is 0.330 e. The summed E-state index contributed by atoms with van der Waals surface area (Å²) in [6.45, 7) is 7.47. The van der Waals surface area contributed by atoms with E-state index < -0.39 is 5.97 Å². The Morgan fingerprint density at radius 2 is 1.50 bits per heavy atom. The highest BCUT2D eigenvalue weighted by Crippen LogP contribution is 2.42. The first-order chi connectivity index (χ1) is 14.5. The van der Waals surface area contributed by atoms with Crippen molar-refractivity contribution in [2.24, 2.45) is 5.41 Å². The summed E-state index contributed by atoms with van der Waals surface area (Å²) >= 11 is 0. The molecule has 0 saturated heterocycles. The Kier molecular flexibility index (Phi) is 11.7. The SMILES string of the molecule is C=Cc1ccccc1.CCC1(C=C(C)C(=O)O)CCCC1.OC=Cc1ccccc1. The molecule has 0 aromatic heterocycles. The molecule has 0 amide bonds. The zero-order chi connectivity index (χ0) is 22.2. The lowest BCUT2D eigenvalue weighted by molar-refractivity contribution is -0.132. The van der Waals surface area contributed by atoms with Crippen molar-refractivity contribution in [3.05, 3.63) is 96.3 Å². The van der Waals surface area contributed by atoms with E-state index in [0.717, 1.165) is 31.1 Å². The van der Waals surface area contributed by atoms with Crippen molar-refractivity contribution in [3.63, 3.8) is 0 Å². The molecule has 3 rings (SSSR count). The number of carbonyl (C=O) groups is 1. The van der Waals surface area contributed by atoms with Crippen molar-refractivity contribution >= 4 is 18.1 Å². The molecule has 2 aromatic rings. The number of hydrogen-bond acceptors (Lipinski definition) is 2. The van der Waals surface area contributed by atoms with Crippen molar-refractivity contribution in [1.29, 1.82) is 0 Å². The Morgan fingerprint density at radius 1 is 1.00 bits per heavy atom. The fourth-order valence-electron chi connectivity index (χ4n) is 3.44. The van der Waals surface area contributed by atoms with Gasteiger partial charge in [0, 0.05) is 5.57 Å². The normalized spacial score (nSPS) is 14.8. The van der Waals surface area contributed by atoms with E-state index in [0.29, 0.717) is 5.57 Å². The van der Waals surface area contributed by atoms with Crippen LogP contribution in [0.1, 0.15) is 57.1 Å². The molecule has 0 unspecified atom stereocenters.